The van der Waals surface area contributed by atoms with E-state index in [0.29, 0.717) is 0 Å². The van der Waals surface area contributed by atoms with Crippen LogP contribution in [0.25, 0.3) is 0 Å². The van der Waals surface area contributed by atoms with Crippen molar-refractivity contribution in [2.24, 2.45) is 0 Å². The summed E-state index contributed by atoms with van der Waals surface area (Å²) in [6.45, 7) is 2.12. The van der Waals surface area contributed by atoms with Crippen molar-refractivity contribution in [3.05, 3.63) is 21.9 Å². The minimum absolute atomic E-state index is 0.153. The molecule has 2 heteroatoms. The van der Waals surface area contributed by atoms with Gasteiger partial charge in [0.15, 0.2) is 0 Å². The fourth-order valence-electron chi connectivity index (χ4n) is 0.507. The molecular weight excluding hydrogens is 120 g/mol. The summed E-state index contributed by atoms with van der Waals surface area (Å²) in [4.78, 5) is 1.02. The van der Waals surface area contributed by atoms with E-state index in [9.17, 15) is 0 Å². The Kier molecular flexibility index (Phi) is 1.65. The number of aryl methyl sites for hydroxylation is 1. The average Bonchev–Trinajstić information content (AvgIpc) is 2.14. The van der Waals surface area contributed by atoms with Gasteiger partial charge in [-0.15, -0.1) is 11.3 Å². The monoisotopic (exact) mass is 127 g/mol. The molecule has 0 aliphatic carbocycles. The summed E-state index contributed by atoms with van der Waals surface area (Å²) >= 11 is 1.47. The molecule has 0 aromatic carbocycles. The fraction of sp³-hybridized carbons (Fsp3) is 0.333. The number of rotatable bonds is 1. The van der Waals surface area contributed by atoms with E-state index in [1.807, 2.05) is 13.0 Å². The van der Waals surface area contributed by atoms with E-state index in [-0.39, 0.29) is 6.61 Å². The van der Waals surface area contributed by atoms with Crippen molar-refractivity contribution in [1.29, 1.82) is 0 Å². The van der Waals surface area contributed by atoms with E-state index in [1.54, 1.807) is 0 Å². The van der Waals surface area contributed by atoms with Gasteiger partial charge in [0.2, 0.25) is 0 Å². The molecule has 0 saturated heterocycles. The zero-order valence-corrected chi connectivity index (χ0v) is 5.46. The third-order valence-electron chi connectivity index (χ3n) is 1.04. The Hall–Kier alpha value is -0.340. The van der Waals surface area contributed by atoms with Crippen LogP contribution in [0.1, 0.15) is 10.4 Å². The van der Waals surface area contributed by atoms with Crippen LogP contribution in [0.4, 0.5) is 0 Å². The lowest BCUT2D eigenvalue weighted by atomic mass is 10.3. The molecule has 1 aromatic rings. The first-order valence-electron chi connectivity index (χ1n) is 2.41. The van der Waals surface area contributed by atoms with Crippen molar-refractivity contribution in [2.45, 2.75) is 13.5 Å². The summed E-state index contributed by atoms with van der Waals surface area (Å²) in [6.07, 6.45) is 0. The third kappa shape index (κ3) is 0.904. The fourth-order valence-corrected chi connectivity index (χ4v) is 1.17. The van der Waals surface area contributed by atoms with Crippen LogP contribution in [0.3, 0.4) is 0 Å². The molecule has 43 valence electrons. The molecule has 1 heterocycles. The van der Waals surface area contributed by atoms with Gasteiger partial charge in [-0.1, -0.05) is 0 Å². The van der Waals surface area contributed by atoms with E-state index in [4.69, 9.17) is 5.11 Å². The molecule has 0 bridgehead atoms. The van der Waals surface area contributed by atoms with Crippen molar-refractivity contribution >= 4 is 11.3 Å². The Morgan fingerprint density at radius 3 is 2.88 bits per heavy atom. The molecule has 1 rings (SSSR count). The van der Waals surface area contributed by atoms with Crippen molar-refractivity contribution in [3.8, 4) is 0 Å². The van der Waals surface area contributed by atoms with Crippen LogP contribution < -0.4 is 0 Å². The number of aliphatic hydroxyl groups excluding tert-OH is 1. The zero-order chi connectivity index (χ0) is 5.98. The smallest absolute Gasteiger partial charge is 0.0777 e. The molecule has 0 amide bonds. The van der Waals surface area contributed by atoms with E-state index in [2.05, 4.69) is 5.38 Å². The Balaban J connectivity index is 2.92. The second-order valence-corrected chi connectivity index (χ2v) is 2.56. The van der Waals surface area contributed by atoms with Crippen LogP contribution >= 0.6 is 11.3 Å². The molecule has 0 aliphatic heterocycles. The van der Waals surface area contributed by atoms with Crippen molar-refractivity contribution in [3.63, 3.8) is 0 Å². The third-order valence-corrected chi connectivity index (χ3v) is 1.97. The first-order valence-corrected chi connectivity index (χ1v) is 3.22. The van der Waals surface area contributed by atoms with Crippen molar-refractivity contribution < 1.29 is 5.11 Å². The minimum atomic E-state index is 0.153. The molecule has 8 heavy (non-hydrogen) atoms. The first kappa shape index (κ1) is 5.79. The standard InChI is InChI=1S/C6H7OS/c1-5-2-3-8-6(5)4-7/h2,7H,4H2,1H3. The van der Waals surface area contributed by atoms with Crippen molar-refractivity contribution in [1.82, 2.24) is 0 Å². The van der Waals surface area contributed by atoms with E-state index < -0.39 is 0 Å². The highest BCUT2D eigenvalue weighted by Crippen LogP contribution is 2.13. The maximum atomic E-state index is 8.60. The molecule has 1 radical (unpaired) electrons. The van der Waals surface area contributed by atoms with Gasteiger partial charge in [0.1, 0.15) is 0 Å². The number of hydrogen-bond acceptors (Lipinski definition) is 2. The van der Waals surface area contributed by atoms with Crippen LogP contribution in [0.2, 0.25) is 0 Å². The molecule has 0 spiro atoms. The second kappa shape index (κ2) is 2.29. The van der Waals surface area contributed by atoms with Gasteiger partial charge in [-0.25, -0.2) is 0 Å². The van der Waals surface area contributed by atoms with Crippen LogP contribution in [0.5, 0.6) is 0 Å². The van der Waals surface area contributed by atoms with Gasteiger partial charge in [-0.2, -0.15) is 0 Å². The quantitative estimate of drug-likeness (QED) is 0.603. The summed E-state index contributed by atoms with van der Waals surface area (Å²) in [5, 5.41) is 11.5. The summed E-state index contributed by atoms with van der Waals surface area (Å²) in [5.74, 6) is 0. The lowest BCUT2D eigenvalue weighted by molar-refractivity contribution is 0.285. The van der Waals surface area contributed by atoms with Gasteiger partial charge in [0.25, 0.3) is 0 Å². The van der Waals surface area contributed by atoms with Crippen LogP contribution in [0.15, 0.2) is 6.07 Å². The summed E-state index contributed by atoms with van der Waals surface area (Å²) < 4.78 is 0. The summed E-state index contributed by atoms with van der Waals surface area (Å²) in [5.41, 5.74) is 1.14. The Labute approximate surface area is 52.6 Å². The summed E-state index contributed by atoms with van der Waals surface area (Å²) in [7, 11) is 0. The Bertz CT molecular complexity index is 169. The molecular formula is C6H7OS. The zero-order valence-electron chi connectivity index (χ0n) is 4.64. The maximum Gasteiger partial charge on any atom is 0.0777 e. The maximum absolute atomic E-state index is 8.60. The average molecular weight is 127 g/mol. The SMILES string of the molecule is Cc1c[c]sc1CO. The number of hydrogen-bond donors (Lipinski definition) is 1. The Morgan fingerprint density at radius 2 is 2.62 bits per heavy atom. The summed E-state index contributed by atoms with van der Waals surface area (Å²) in [6, 6.07) is 1.89. The minimum Gasteiger partial charge on any atom is -0.391 e. The van der Waals surface area contributed by atoms with E-state index in [1.165, 1.54) is 11.3 Å². The molecule has 0 atom stereocenters. The van der Waals surface area contributed by atoms with Gasteiger partial charge < -0.3 is 5.11 Å². The molecule has 1 nitrogen and oxygen atoms in total. The topological polar surface area (TPSA) is 20.2 Å². The predicted molar refractivity (Wildman–Crippen MR) is 33.8 cm³/mol. The largest absolute Gasteiger partial charge is 0.391 e. The molecule has 0 unspecified atom stereocenters. The van der Waals surface area contributed by atoms with Crippen molar-refractivity contribution in [2.75, 3.05) is 0 Å². The van der Waals surface area contributed by atoms with E-state index in [0.717, 1.165) is 10.4 Å². The second-order valence-electron chi connectivity index (χ2n) is 1.63. The van der Waals surface area contributed by atoms with Gasteiger partial charge in [-0.05, 0) is 18.6 Å². The molecule has 0 saturated carbocycles. The van der Waals surface area contributed by atoms with Gasteiger partial charge >= 0.3 is 0 Å². The molecule has 0 aliphatic rings. The van der Waals surface area contributed by atoms with Crippen LogP contribution in [0, 0.1) is 12.3 Å². The molecule has 0 fully saturated rings. The molecule has 1 N–H and O–H groups in total. The van der Waals surface area contributed by atoms with Gasteiger partial charge in [0, 0.05) is 10.3 Å². The predicted octanol–water partition coefficient (Wildman–Crippen LogP) is 1.35. The number of thiophene rings is 1. The van der Waals surface area contributed by atoms with Gasteiger partial charge in [-0.3, -0.25) is 0 Å². The highest BCUT2D eigenvalue weighted by Gasteiger charge is 1.94. The number of aliphatic hydroxyl groups is 1. The van der Waals surface area contributed by atoms with E-state index >= 15 is 0 Å². The highest BCUT2D eigenvalue weighted by atomic mass is 32.1. The van der Waals surface area contributed by atoms with Gasteiger partial charge in [0.05, 0.1) is 6.61 Å². The lowest BCUT2D eigenvalue weighted by Gasteiger charge is -1.87. The first-order chi connectivity index (χ1) is 3.84. The highest BCUT2D eigenvalue weighted by molar-refractivity contribution is 7.09. The Morgan fingerprint density at radius 1 is 1.88 bits per heavy atom. The molecule has 1 aromatic heterocycles. The normalized spacial score (nSPS) is 9.75. The van der Waals surface area contributed by atoms with Crippen LogP contribution in [-0.2, 0) is 6.61 Å². The van der Waals surface area contributed by atoms with Crippen LogP contribution in [-0.4, -0.2) is 5.11 Å². The lowest BCUT2D eigenvalue weighted by Crippen LogP contribution is -1.76.